The highest BCUT2D eigenvalue weighted by molar-refractivity contribution is 7.86. The van der Waals surface area contributed by atoms with Gasteiger partial charge >= 0.3 is 0 Å². The van der Waals surface area contributed by atoms with Gasteiger partial charge in [-0.15, -0.1) is 30.7 Å². The zero-order valence-electron chi connectivity index (χ0n) is 36.0. The van der Waals surface area contributed by atoms with E-state index < -0.39 is 56.5 Å². The Kier molecular flexibility index (Phi) is 13.6. The van der Waals surface area contributed by atoms with Crippen LogP contribution in [0.15, 0.2) is 149 Å². The van der Waals surface area contributed by atoms with Crippen molar-refractivity contribution < 1.29 is 67.7 Å². The number of ether oxygens (including phenoxy) is 5. The number of phenolic OH excluding ortho intramolecular Hbond substituents is 1. The van der Waals surface area contributed by atoms with Gasteiger partial charge in [-0.2, -0.15) is 25.3 Å². The fraction of sp³-hybridized carbons (Fsp3) is 0.116. The minimum absolute atomic E-state index is 0.00117. The fourth-order valence-electron chi connectivity index (χ4n) is 6.66. The lowest BCUT2D eigenvalue weighted by Gasteiger charge is -2.13. The van der Waals surface area contributed by atoms with Crippen LogP contribution in [-0.2, 0) is 30.4 Å². The maximum Gasteiger partial charge on any atom is 0.296 e. The molecule has 22 nitrogen and oxygen atoms in total. The average Bonchev–Trinajstić information content (AvgIpc) is 3.31. The number of nitrogens with zero attached hydrogens (tertiary/aromatic N) is 6. The van der Waals surface area contributed by atoms with Gasteiger partial charge in [-0.25, -0.2) is 0 Å². The number of azo groups is 3. The highest BCUT2D eigenvalue weighted by atomic mass is 32.2. The van der Waals surface area contributed by atoms with Crippen molar-refractivity contribution in [3.05, 3.63) is 103 Å². The van der Waals surface area contributed by atoms with Crippen LogP contribution in [0, 0.1) is 0 Å². The van der Waals surface area contributed by atoms with E-state index in [4.69, 9.17) is 23.7 Å². The molecule has 0 aliphatic rings. The summed E-state index contributed by atoms with van der Waals surface area (Å²) < 4.78 is 131. The van der Waals surface area contributed by atoms with E-state index in [-0.39, 0.29) is 73.0 Å². The molecular formula is C43H37N7O15S3. The Labute approximate surface area is 387 Å². The van der Waals surface area contributed by atoms with Crippen LogP contribution in [-0.4, -0.2) is 79.6 Å². The normalized spacial score (nSPS) is 12.4. The highest BCUT2D eigenvalue weighted by Gasteiger charge is 2.24. The molecule has 68 heavy (non-hydrogen) atoms. The number of benzene rings is 7. The van der Waals surface area contributed by atoms with Crippen LogP contribution in [0.2, 0.25) is 0 Å². The molecule has 0 atom stereocenters. The number of fused-ring (bicyclic) bond motifs is 2. The Balaban J connectivity index is 1.31. The van der Waals surface area contributed by atoms with Crippen LogP contribution < -0.4 is 29.0 Å². The molecule has 352 valence electrons. The van der Waals surface area contributed by atoms with Gasteiger partial charge in [-0.05, 0) is 78.2 Å². The second kappa shape index (κ2) is 19.2. The topological polar surface area (TPSA) is 316 Å². The summed E-state index contributed by atoms with van der Waals surface area (Å²) in [6.07, 6.45) is 0. The van der Waals surface area contributed by atoms with Gasteiger partial charge in [0.1, 0.15) is 67.0 Å². The molecule has 7 aromatic rings. The summed E-state index contributed by atoms with van der Waals surface area (Å²) >= 11 is 0. The molecule has 0 saturated heterocycles. The number of hydrogen-bond donors (Lipinski definition) is 5. The fourth-order valence-corrected chi connectivity index (χ4v) is 8.46. The monoisotopic (exact) mass is 987 g/mol. The van der Waals surface area contributed by atoms with Crippen LogP contribution in [0.1, 0.15) is 0 Å². The summed E-state index contributed by atoms with van der Waals surface area (Å²) in [6, 6.07) is 23.8. The summed E-state index contributed by atoms with van der Waals surface area (Å²) in [5.41, 5.74) is 0.178. The van der Waals surface area contributed by atoms with Gasteiger partial charge in [-0.1, -0.05) is 6.07 Å². The van der Waals surface area contributed by atoms with E-state index in [1.807, 2.05) is 0 Å². The summed E-state index contributed by atoms with van der Waals surface area (Å²) in [6.45, 7) is 0. The van der Waals surface area contributed by atoms with Crippen molar-refractivity contribution in [2.45, 2.75) is 14.7 Å². The first-order valence-corrected chi connectivity index (χ1v) is 23.6. The molecule has 0 heterocycles. The molecule has 0 aliphatic carbocycles. The van der Waals surface area contributed by atoms with Crippen LogP contribution in [0.5, 0.6) is 34.5 Å². The summed E-state index contributed by atoms with van der Waals surface area (Å²) in [5.74, 6) is 0.132. The number of hydrogen-bond acceptors (Lipinski definition) is 19. The molecule has 0 saturated carbocycles. The van der Waals surface area contributed by atoms with Gasteiger partial charge in [0, 0.05) is 51.8 Å². The molecule has 0 radical (unpaired) electrons. The van der Waals surface area contributed by atoms with E-state index in [9.17, 15) is 44.0 Å². The van der Waals surface area contributed by atoms with Crippen LogP contribution in [0.4, 0.5) is 45.5 Å². The van der Waals surface area contributed by atoms with E-state index in [2.05, 4.69) is 36.0 Å². The van der Waals surface area contributed by atoms with Crippen LogP contribution in [0.25, 0.3) is 21.5 Å². The van der Waals surface area contributed by atoms with E-state index in [1.165, 1.54) is 78.0 Å². The lowest BCUT2D eigenvalue weighted by Crippen LogP contribution is -1.99. The Morgan fingerprint density at radius 1 is 0.426 bits per heavy atom. The van der Waals surface area contributed by atoms with E-state index in [0.29, 0.717) is 17.1 Å². The third-order valence-electron chi connectivity index (χ3n) is 9.95. The first kappa shape index (κ1) is 48.1. The molecule has 0 unspecified atom stereocenters. The number of aromatic hydroxyl groups is 1. The molecule has 25 heteroatoms. The highest BCUT2D eigenvalue weighted by Crippen LogP contribution is 2.48. The van der Waals surface area contributed by atoms with Gasteiger partial charge in [0.05, 0.1) is 46.1 Å². The number of nitrogens with one attached hydrogen (secondary N) is 1. The molecular weight excluding hydrogens is 951 g/mol. The molecule has 0 aliphatic heterocycles. The SMILES string of the molecule is COc1ccc(Nc2ccc3c(O)c(N=Nc4c(OC)cc(N=Nc5cc(OC)c(N=Nc6ccc(OC)cc6S(=O)(=O)O)cc5OC)c5cc(S(=O)(=O)O)ccc45)c(S(=O)(=O)O)cc3c2)cc1. The summed E-state index contributed by atoms with van der Waals surface area (Å²) in [5, 5.41) is 40.1. The van der Waals surface area contributed by atoms with Gasteiger partial charge in [0.25, 0.3) is 30.4 Å². The average molecular weight is 988 g/mol. The van der Waals surface area contributed by atoms with Gasteiger partial charge in [-0.3, -0.25) is 13.7 Å². The van der Waals surface area contributed by atoms with Crippen molar-refractivity contribution in [1.29, 1.82) is 0 Å². The molecule has 5 N–H and O–H groups in total. The quantitative estimate of drug-likeness (QED) is 0.0444. The van der Waals surface area contributed by atoms with Crippen molar-refractivity contribution in [1.82, 2.24) is 0 Å². The minimum Gasteiger partial charge on any atom is -0.505 e. The number of methoxy groups -OCH3 is 5. The number of anilines is 2. The molecule has 0 spiro atoms. The molecule has 0 fully saturated rings. The Hall–Kier alpha value is -7.81. The predicted molar refractivity (Wildman–Crippen MR) is 247 cm³/mol. The smallest absolute Gasteiger partial charge is 0.296 e. The molecule has 0 amide bonds. The number of rotatable bonds is 16. The summed E-state index contributed by atoms with van der Waals surface area (Å²) in [7, 11) is -7.90. The lowest BCUT2D eigenvalue weighted by molar-refractivity contribution is 0.405. The van der Waals surface area contributed by atoms with E-state index in [0.717, 1.165) is 24.3 Å². The van der Waals surface area contributed by atoms with Crippen molar-refractivity contribution >= 4 is 97.4 Å². The second-order valence-electron chi connectivity index (χ2n) is 14.1. The largest absolute Gasteiger partial charge is 0.505 e. The standard InChI is InChI=1S/C43H37N7O15S3/c1-61-26-9-6-24(7-10-26)44-25-8-13-29-23(16-25)17-40(68(58,59)60)42(43(29)51)50-49-41-30-14-12-28(66(52,53)54)19-31(30)33(20-38(41)65-5)46-48-35-22-36(63-3)34(21-37(35)64-4)47-45-32-15-11-27(62-2)18-39(32)67(55,56)57/h6-22,44,51H,1-5H3,(H,52,53,54)(H,55,56,57)(H,58,59,60). The Bertz CT molecular complexity index is 3570. The van der Waals surface area contributed by atoms with E-state index >= 15 is 0 Å². The lowest BCUT2D eigenvalue weighted by atomic mass is 10.1. The zero-order chi connectivity index (χ0) is 49.1. The maximum absolute atomic E-state index is 12.8. The third kappa shape index (κ3) is 10.3. The van der Waals surface area contributed by atoms with Crippen LogP contribution >= 0.6 is 0 Å². The first-order chi connectivity index (χ1) is 32.3. The zero-order valence-corrected chi connectivity index (χ0v) is 38.5. The van der Waals surface area contributed by atoms with Crippen molar-refractivity contribution in [2.75, 3.05) is 40.9 Å². The van der Waals surface area contributed by atoms with E-state index in [1.54, 1.807) is 36.4 Å². The van der Waals surface area contributed by atoms with Gasteiger partial charge < -0.3 is 34.1 Å². The molecule has 0 bridgehead atoms. The maximum atomic E-state index is 12.8. The molecule has 7 rings (SSSR count). The minimum atomic E-state index is -5.06. The van der Waals surface area contributed by atoms with Crippen molar-refractivity contribution in [2.24, 2.45) is 30.7 Å². The second-order valence-corrected chi connectivity index (χ2v) is 18.3. The predicted octanol–water partition coefficient (Wildman–Crippen LogP) is 10.5. The molecule has 0 aromatic heterocycles. The van der Waals surface area contributed by atoms with Gasteiger partial charge in [0.15, 0.2) is 5.75 Å². The van der Waals surface area contributed by atoms with Crippen molar-refractivity contribution in [3.8, 4) is 34.5 Å². The molecule has 7 aromatic carbocycles. The van der Waals surface area contributed by atoms with Gasteiger partial charge in [0.2, 0.25) is 0 Å². The Morgan fingerprint density at radius 3 is 1.53 bits per heavy atom. The number of phenols is 1. The Morgan fingerprint density at radius 2 is 0.956 bits per heavy atom. The first-order valence-electron chi connectivity index (χ1n) is 19.2. The summed E-state index contributed by atoms with van der Waals surface area (Å²) in [4.78, 5) is -1.93. The van der Waals surface area contributed by atoms with Crippen LogP contribution in [0.3, 0.4) is 0 Å². The van der Waals surface area contributed by atoms with Crippen molar-refractivity contribution in [3.63, 3.8) is 0 Å². The third-order valence-corrected chi connectivity index (χ3v) is 12.6.